The second kappa shape index (κ2) is 6.54. The molecule has 0 saturated heterocycles. The number of carbonyl (C=O) groups excluding carboxylic acids is 1. The first-order chi connectivity index (χ1) is 12.5. The number of aromatic amines is 1. The van der Waals surface area contributed by atoms with Gasteiger partial charge in [0.1, 0.15) is 16.2 Å². The van der Waals surface area contributed by atoms with Gasteiger partial charge in [0.05, 0.1) is 11.6 Å². The van der Waals surface area contributed by atoms with Gasteiger partial charge in [0.25, 0.3) is 5.56 Å². The number of nitrogens with zero attached hydrogens (tertiary/aromatic N) is 1. The van der Waals surface area contributed by atoms with E-state index in [9.17, 15) is 9.59 Å². The summed E-state index contributed by atoms with van der Waals surface area (Å²) in [4.78, 5) is 33.7. The molecule has 8 heteroatoms. The number of thiophene rings is 2. The molecule has 0 aromatic carbocycles. The van der Waals surface area contributed by atoms with E-state index < -0.39 is 12.1 Å². The molecule has 6 nitrogen and oxygen atoms in total. The van der Waals surface area contributed by atoms with Gasteiger partial charge in [0.15, 0.2) is 11.9 Å². The standard InChI is InChI=1S/C18H14N2O4S2/c1-9-11(5-6-23-9)18(22)24-10(2)15-19-16(21)14-12(8-26-17(14)20-15)13-4-3-7-25-13/h3-8,10H,1-2H3,(H,19,20,21)/t10-/m1/s1. The summed E-state index contributed by atoms with van der Waals surface area (Å²) in [5.74, 6) is 0.284. The second-order valence-electron chi connectivity index (χ2n) is 5.70. The van der Waals surface area contributed by atoms with Crippen molar-refractivity contribution in [2.75, 3.05) is 0 Å². The molecule has 0 fully saturated rings. The van der Waals surface area contributed by atoms with Gasteiger partial charge in [0, 0.05) is 15.8 Å². The van der Waals surface area contributed by atoms with Crippen LogP contribution in [0.5, 0.6) is 0 Å². The number of H-pyrrole nitrogens is 1. The minimum Gasteiger partial charge on any atom is -0.469 e. The molecule has 0 amide bonds. The number of esters is 1. The van der Waals surface area contributed by atoms with E-state index in [4.69, 9.17) is 9.15 Å². The van der Waals surface area contributed by atoms with Gasteiger partial charge in [-0.3, -0.25) is 4.79 Å². The molecule has 0 bridgehead atoms. The summed E-state index contributed by atoms with van der Waals surface area (Å²) >= 11 is 2.97. The van der Waals surface area contributed by atoms with E-state index in [1.165, 1.54) is 17.6 Å². The van der Waals surface area contributed by atoms with Crippen molar-refractivity contribution in [1.29, 1.82) is 0 Å². The Bertz CT molecular complexity index is 1140. The lowest BCUT2D eigenvalue weighted by Gasteiger charge is -2.12. The zero-order valence-electron chi connectivity index (χ0n) is 13.9. The largest absolute Gasteiger partial charge is 0.469 e. The Balaban J connectivity index is 1.66. The van der Waals surface area contributed by atoms with Crippen LogP contribution in [-0.2, 0) is 4.74 Å². The van der Waals surface area contributed by atoms with Gasteiger partial charge >= 0.3 is 5.97 Å². The van der Waals surface area contributed by atoms with Crippen molar-refractivity contribution in [3.8, 4) is 10.4 Å². The van der Waals surface area contributed by atoms with Crippen LogP contribution in [0.1, 0.15) is 35.0 Å². The van der Waals surface area contributed by atoms with E-state index >= 15 is 0 Å². The number of aryl methyl sites for hydroxylation is 1. The third-order valence-corrected chi connectivity index (χ3v) is 5.77. The highest BCUT2D eigenvalue weighted by Crippen LogP contribution is 2.33. The average molecular weight is 386 g/mol. The Hall–Kier alpha value is -2.71. The summed E-state index contributed by atoms with van der Waals surface area (Å²) < 4.78 is 10.5. The van der Waals surface area contributed by atoms with Crippen LogP contribution in [0.25, 0.3) is 20.7 Å². The first kappa shape index (κ1) is 16.7. The Kier molecular flexibility index (Phi) is 4.21. The SMILES string of the molecule is Cc1occc1C(=O)O[C@H](C)c1nc2scc(-c3cccs3)c2c(=O)[nH]1. The molecule has 0 aliphatic carbocycles. The van der Waals surface area contributed by atoms with Crippen molar-refractivity contribution in [2.45, 2.75) is 20.0 Å². The minimum atomic E-state index is -0.693. The monoisotopic (exact) mass is 386 g/mol. The van der Waals surface area contributed by atoms with E-state index in [0.717, 1.165) is 10.4 Å². The van der Waals surface area contributed by atoms with E-state index in [2.05, 4.69) is 9.97 Å². The van der Waals surface area contributed by atoms with E-state index in [1.54, 1.807) is 31.3 Å². The molecule has 1 atom stereocenters. The Morgan fingerprint density at radius 2 is 2.19 bits per heavy atom. The summed E-state index contributed by atoms with van der Waals surface area (Å²) in [6, 6.07) is 5.46. The van der Waals surface area contributed by atoms with Crippen molar-refractivity contribution in [3.63, 3.8) is 0 Å². The number of ether oxygens (including phenoxy) is 1. The highest BCUT2D eigenvalue weighted by molar-refractivity contribution is 7.18. The van der Waals surface area contributed by atoms with Gasteiger partial charge in [-0.1, -0.05) is 6.07 Å². The summed E-state index contributed by atoms with van der Waals surface area (Å²) in [5.41, 5.74) is 0.993. The van der Waals surface area contributed by atoms with Crippen LogP contribution in [0.15, 0.2) is 44.4 Å². The number of furan rings is 1. The lowest BCUT2D eigenvalue weighted by Crippen LogP contribution is -2.17. The molecule has 1 N–H and O–H groups in total. The fourth-order valence-corrected chi connectivity index (χ4v) is 4.42. The molecule has 4 heterocycles. The molecule has 4 rings (SSSR count). The van der Waals surface area contributed by atoms with Gasteiger partial charge in [-0.25, -0.2) is 9.78 Å². The van der Waals surface area contributed by atoms with Crippen molar-refractivity contribution < 1.29 is 13.9 Å². The van der Waals surface area contributed by atoms with Crippen molar-refractivity contribution in [3.05, 3.63) is 62.7 Å². The zero-order chi connectivity index (χ0) is 18.3. The van der Waals surface area contributed by atoms with E-state index in [1.807, 2.05) is 22.9 Å². The molecule has 132 valence electrons. The van der Waals surface area contributed by atoms with E-state index in [0.29, 0.717) is 27.4 Å². The highest BCUT2D eigenvalue weighted by Gasteiger charge is 2.21. The zero-order valence-corrected chi connectivity index (χ0v) is 15.6. The Labute approximate surface area is 156 Å². The van der Waals surface area contributed by atoms with Crippen molar-refractivity contribution >= 4 is 38.9 Å². The number of hydrogen-bond acceptors (Lipinski definition) is 7. The number of hydrogen-bond donors (Lipinski definition) is 1. The first-order valence-corrected chi connectivity index (χ1v) is 9.61. The van der Waals surface area contributed by atoms with Gasteiger partial charge in [-0.15, -0.1) is 22.7 Å². The molecule has 0 unspecified atom stereocenters. The van der Waals surface area contributed by atoms with E-state index in [-0.39, 0.29) is 5.56 Å². The Morgan fingerprint density at radius 3 is 2.88 bits per heavy atom. The minimum absolute atomic E-state index is 0.239. The molecular formula is C18H14N2O4S2. The lowest BCUT2D eigenvalue weighted by molar-refractivity contribution is 0.0318. The maximum absolute atomic E-state index is 12.6. The number of fused-ring (bicyclic) bond motifs is 1. The van der Waals surface area contributed by atoms with Crippen LogP contribution in [0, 0.1) is 6.92 Å². The molecule has 4 aromatic rings. The third kappa shape index (κ3) is 2.87. The van der Waals surface area contributed by atoms with Crippen LogP contribution < -0.4 is 5.56 Å². The molecule has 0 aliphatic rings. The smallest absolute Gasteiger partial charge is 0.342 e. The lowest BCUT2D eigenvalue weighted by atomic mass is 10.2. The van der Waals surface area contributed by atoms with Crippen LogP contribution in [0.2, 0.25) is 0 Å². The first-order valence-electron chi connectivity index (χ1n) is 7.85. The van der Waals surface area contributed by atoms with Crippen molar-refractivity contribution in [2.24, 2.45) is 0 Å². The quantitative estimate of drug-likeness (QED) is 0.521. The average Bonchev–Trinajstić information content (AvgIpc) is 3.34. The summed E-state index contributed by atoms with van der Waals surface area (Å²) in [5, 5.41) is 4.45. The van der Waals surface area contributed by atoms with Crippen LogP contribution in [0.3, 0.4) is 0 Å². The van der Waals surface area contributed by atoms with Crippen LogP contribution in [0.4, 0.5) is 0 Å². The van der Waals surface area contributed by atoms with Gasteiger partial charge in [0.2, 0.25) is 0 Å². The van der Waals surface area contributed by atoms with Gasteiger partial charge in [-0.05, 0) is 31.4 Å². The predicted octanol–water partition coefficient (Wildman–Crippen LogP) is 4.53. The van der Waals surface area contributed by atoms with Gasteiger partial charge in [-0.2, -0.15) is 0 Å². The number of rotatable bonds is 4. The fraction of sp³-hybridized carbons (Fsp3) is 0.167. The van der Waals surface area contributed by atoms with Gasteiger partial charge < -0.3 is 14.1 Å². The molecule has 4 aromatic heterocycles. The second-order valence-corrected chi connectivity index (χ2v) is 7.50. The number of carbonyl (C=O) groups is 1. The molecule has 0 saturated carbocycles. The topological polar surface area (TPSA) is 85.2 Å². The highest BCUT2D eigenvalue weighted by atomic mass is 32.1. The maximum atomic E-state index is 12.6. The molecule has 26 heavy (non-hydrogen) atoms. The summed E-state index contributed by atoms with van der Waals surface area (Å²) in [6.07, 6.45) is 0.738. The fourth-order valence-electron chi connectivity index (χ4n) is 2.65. The predicted molar refractivity (Wildman–Crippen MR) is 101 cm³/mol. The molecule has 0 aliphatic heterocycles. The molecule has 0 spiro atoms. The number of nitrogens with one attached hydrogen (secondary N) is 1. The summed E-state index contributed by atoms with van der Waals surface area (Å²) in [6.45, 7) is 3.36. The Morgan fingerprint density at radius 1 is 1.35 bits per heavy atom. The van der Waals surface area contributed by atoms with Crippen LogP contribution >= 0.6 is 22.7 Å². The normalized spacial score (nSPS) is 12.4. The summed E-state index contributed by atoms with van der Waals surface area (Å²) in [7, 11) is 0. The number of aromatic nitrogens is 2. The molecule has 0 radical (unpaired) electrons. The van der Waals surface area contributed by atoms with Crippen molar-refractivity contribution in [1.82, 2.24) is 9.97 Å². The van der Waals surface area contributed by atoms with Crippen LogP contribution in [-0.4, -0.2) is 15.9 Å². The molecular weight excluding hydrogens is 372 g/mol. The maximum Gasteiger partial charge on any atom is 0.342 e. The third-order valence-electron chi connectivity index (χ3n) is 4.00.